The molecule has 24 heavy (non-hydrogen) atoms. The molecule has 1 aliphatic rings. The number of carbonyl (C=O) groups excluding carboxylic acids is 2. The number of amides is 2. The smallest absolute Gasteiger partial charge is 0.276 e. The van der Waals surface area contributed by atoms with E-state index in [1.54, 1.807) is 11.8 Å². The molecule has 0 atom stereocenters. The molecule has 2 N–H and O–H groups in total. The maximum Gasteiger partial charge on any atom is 0.276 e. The third-order valence-corrected chi connectivity index (χ3v) is 4.56. The fourth-order valence-corrected chi connectivity index (χ4v) is 3.04. The molecule has 1 aromatic heterocycles. The average Bonchev–Trinajstić information content (AvgIpc) is 2.96. The molecule has 0 spiro atoms. The number of aryl methyl sites for hydroxylation is 2. The van der Waals surface area contributed by atoms with Gasteiger partial charge in [-0.2, -0.15) is 0 Å². The van der Waals surface area contributed by atoms with E-state index in [0.29, 0.717) is 43.3 Å². The van der Waals surface area contributed by atoms with Gasteiger partial charge in [0.2, 0.25) is 11.8 Å². The normalized spacial score (nSPS) is 15.5. The van der Waals surface area contributed by atoms with E-state index < -0.39 is 0 Å². The molecule has 0 radical (unpaired) electrons. The highest BCUT2D eigenvalue weighted by molar-refractivity contribution is 5.94. The SMILES string of the molecule is Cc1ccccc1-c1nc(C(=O)N2CCC(C(N)=O)CC2)c(C)o1. The minimum atomic E-state index is -0.290. The first kappa shape index (κ1) is 16.2. The fourth-order valence-electron chi connectivity index (χ4n) is 3.04. The number of rotatable bonds is 3. The zero-order valence-corrected chi connectivity index (χ0v) is 13.9. The lowest BCUT2D eigenvalue weighted by atomic mass is 9.96. The zero-order chi connectivity index (χ0) is 17.3. The summed E-state index contributed by atoms with van der Waals surface area (Å²) < 4.78 is 5.72. The van der Waals surface area contributed by atoms with Crippen molar-refractivity contribution in [3.8, 4) is 11.5 Å². The monoisotopic (exact) mass is 327 g/mol. The number of piperidine rings is 1. The topological polar surface area (TPSA) is 89.4 Å². The molecule has 2 aromatic rings. The molecular formula is C18H21N3O3. The maximum atomic E-state index is 12.7. The first-order chi connectivity index (χ1) is 11.5. The number of primary amides is 1. The largest absolute Gasteiger partial charge is 0.441 e. The molecule has 126 valence electrons. The van der Waals surface area contributed by atoms with Gasteiger partial charge in [0.05, 0.1) is 0 Å². The van der Waals surface area contributed by atoms with Gasteiger partial charge in [0.25, 0.3) is 5.91 Å². The molecule has 2 heterocycles. The first-order valence-electron chi connectivity index (χ1n) is 8.09. The molecule has 1 aromatic carbocycles. The Morgan fingerprint density at radius 2 is 1.88 bits per heavy atom. The molecule has 0 bridgehead atoms. The molecule has 1 saturated heterocycles. The van der Waals surface area contributed by atoms with E-state index >= 15 is 0 Å². The number of nitrogens with zero attached hydrogens (tertiary/aromatic N) is 2. The summed E-state index contributed by atoms with van der Waals surface area (Å²) >= 11 is 0. The Balaban J connectivity index is 1.80. The second-order valence-electron chi connectivity index (χ2n) is 6.21. The van der Waals surface area contributed by atoms with Gasteiger partial charge in [-0.15, -0.1) is 0 Å². The van der Waals surface area contributed by atoms with Crippen LogP contribution in [0.4, 0.5) is 0 Å². The van der Waals surface area contributed by atoms with Crippen LogP contribution in [0.1, 0.15) is 34.7 Å². The van der Waals surface area contributed by atoms with Gasteiger partial charge >= 0.3 is 0 Å². The number of hydrogen-bond donors (Lipinski definition) is 1. The number of benzene rings is 1. The minimum Gasteiger partial charge on any atom is -0.441 e. The lowest BCUT2D eigenvalue weighted by Gasteiger charge is -2.30. The van der Waals surface area contributed by atoms with Gasteiger partial charge in [-0.05, 0) is 38.3 Å². The van der Waals surface area contributed by atoms with Crippen LogP contribution in [0.15, 0.2) is 28.7 Å². The highest BCUT2D eigenvalue weighted by atomic mass is 16.4. The van der Waals surface area contributed by atoms with Crippen LogP contribution in [-0.4, -0.2) is 34.8 Å². The summed E-state index contributed by atoms with van der Waals surface area (Å²) in [6.07, 6.45) is 1.20. The number of oxazole rings is 1. The second kappa shape index (κ2) is 6.47. The van der Waals surface area contributed by atoms with Crippen LogP contribution >= 0.6 is 0 Å². The van der Waals surface area contributed by atoms with E-state index in [9.17, 15) is 9.59 Å². The van der Waals surface area contributed by atoms with Crippen molar-refractivity contribution in [2.24, 2.45) is 11.7 Å². The van der Waals surface area contributed by atoms with Crippen LogP contribution in [0.3, 0.4) is 0 Å². The van der Waals surface area contributed by atoms with Crippen LogP contribution in [0.25, 0.3) is 11.5 Å². The van der Waals surface area contributed by atoms with Crippen molar-refractivity contribution in [2.45, 2.75) is 26.7 Å². The Bertz CT molecular complexity index is 774. The Labute approximate surface area is 140 Å². The number of likely N-dealkylation sites (tertiary alicyclic amines) is 1. The van der Waals surface area contributed by atoms with Gasteiger partial charge in [0.15, 0.2) is 5.69 Å². The Kier molecular flexibility index (Phi) is 4.38. The molecule has 1 fully saturated rings. The maximum absolute atomic E-state index is 12.7. The molecule has 0 aliphatic carbocycles. The summed E-state index contributed by atoms with van der Waals surface area (Å²) in [7, 11) is 0. The summed E-state index contributed by atoms with van der Waals surface area (Å²) in [5.41, 5.74) is 7.60. The molecule has 6 nitrogen and oxygen atoms in total. The molecule has 1 aliphatic heterocycles. The summed E-state index contributed by atoms with van der Waals surface area (Å²) in [5.74, 6) is 0.381. The van der Waals surface area contributed by atoms with E-state index in [4.69, 9.17) is 10.2 Å². The molecule has 2 amide bonds. The van der Waals surface area contributed by atoms with Gasteiger partial charge in [0, 0.05) is 24.6 Å². The first-order valence-corrected chi connectivity index (χ1v) is 8.09. The predicted octanol–water partition coefficient (Wildman–Crippen LogP) is 2.30. The lowest BCUT2D eigenvalue weighted by molar-refractivity contribution is -0.123. The van der Waals surface area contributed by atoms with Gasteiger partial charge in [-0.3, -0.25) is 9.59 Å². The quantitative estimate of drug-likeness (QED) is 0.936. The number of hydrogen-bond acceptors (Lipinski definition) is 4. The van der Waals surface area contributed by atoms with Crippen molar-refractivity contribution in [1.82, 2.24) is 9.88 Å². The summed E-state index contributed by atoms with van der Waals surface area (Å²) in [4.78, 5) is 30.1. The van der Waals surface area contributed by atoms with E-state index in [2.05, 4.69) is 4.98 Å². The van der Waals surface area contributed by atoms with E-state index in [0.717, 1.165) is 11.1 Å². The Hall–Kier alpha value is -2.63. The van der Waals surface area contributed by atoms with Crippen molar-refractivity contribution < 1.29 is 14.0 Å². The Morgan fingerprint density at radius 1 is 1.21 bits per heavy atom. The van der Waals surface area contributed by atoms with Gasteiger partial charge in [-0.1, -0.05) is 18.2 Å². The highest BCUT2D eigenvalue weighted by Gasteiger charge is 2.29. The average molecular weight is 327 g/mol. The van der Waals surface area contributed by atoms with Gasteiger partial charge in [-0.25, -0.2) is 4.98 Å². The van der Waals surface area contributed by atoms with Crippen molar-refractivity contribution >= 4 is 11.8 Å². The van der Waals surface area contributed by atoms with E-state index in [-0.39, 0.29) is 17.7 Å². The number of aromatic nitrogens is 1. The fraction of sp³-hybridized carbons (Fsp3) is 0.389. The third kappa shape index (κ3) is 3.04. The predicted molar refractivity (Wildman–Crippen MR) is 89.2 cm³/mol. The van der Waals surface area contributed by atoms with Crippen molar-refractivity contribution in [2.75, 3.05) is 13.1 Å². The third-order valence-electron chi connectivity index (χ3n) is 4.56. The summed E-state index contributed by atoms with van der Waals surface area (Å²) in [6.45, 7) is 4.75. The van der Waals surface area contributed by atoms with Crippen LogP contribution in [-0.2, 0) is 4.79 Å². The van der Waals surface area contributed by atoms with Crippen LogP contribution in [0.5, 0.6) is 0 Å². The lowest BCUT2D eigenvalue weighted by Crippen LogP contribution is -2.42. The van der Waals surface area contributed by atoms with Gasteiger partial charge in [0.1, 0.15) is 5.76 Å². The van der Waals surface area contributed by atoms with Crippen molar-refractivity contribution in [3.63, 3.8) is 0 Å². The number of carbonyl (C=O) groups is 2. The Morgan fingerprint density at radius 3 is 2.50 bits per heavy atom. The molecule has 0 saturated carbocycles. The van der Waals surface area contributed by atoms with Crippen LogP contribution < -0.4 is 5.73 Å². The molecule has 6 heteroatoms. The zero-order valence-electron chi connectivity index (χ0n) is 13.9. The molecule has 3 rings (SSSR count). The minimum absolute atomic E-state index is 0.144. The highest BCUT2D eigenvalue weighted by Crippen LogP contribution is 2.26. The summed E-state index contributed by atoms with van der Waals surface area (Å²) in [5, 5.41) is 0. The molecule has 0 unspecified atom stereocenters. The van der Waals surface area contributed by atoms with E-state index in [1.165, 1.54) is 0 Å². The molecular weight excluding hydrogens is 306 g/mol. The van der Waals surface area contributed by atoms with E-state index in [1.807, 2.05) is 31.2 Å². The van der Waals surface area contributed by atoms with Crippen LogP contribution in [0.2, 0.25) is 0 Å². The van der Waals surface area contributed by atoms with Crippen molar-refractivity contribution in [1.29, 1.82) is 0 Å². The van der Waals surface area contributed by atoms with Crippen LogP contribution in [0, 0.1) is 19.8 Å². The summed E-state index contributed by atoms with van der Waals surface area (Å²) in [6, 6.07) is 7.76. The van der Waals surface area contributed by atoms with Crippen molar-refractivity contribution in [3.05, 3.63) is 41.3 Å². The number of nitrogens with two attached hydrogens (primary N) is 1. The standard InChI is InChI=1S/C18H21N3O3/c1-11-5-3-4-6-14(11)17-20-15(12(2)24-17)18(23)21-9-7-13(8-10-21)16(19)22/h3-6,13H,7-10H2,1-2H3,(H2,19,22). The van der Waals surface area contributed by atoms with Gasteiger partial charge < -0.3 is 15.1 Å². The second-order valence-corrected chi connectivity index (χ2v) is 6.21.